The highest BCUT2D eigenvalue weighted by molar-refractivity contribution is 5.61. The molecule has 20 heavy (non-hydrogen) atoms. The summed E-state index contributed by atoms with van der Waals surface area (Å²) in [5, 5.41) is 11.4. The van der Waals surface area contributed by atoms with E-state index in [2.05, 4.69) is 32.5 Å². The van der Waals surface area contributed by atoms with Gasteiger partial charge in [-0.25, -0.2) is 0 Å². The molecule has 0 spiro atoms. The van der Waals surface area contributed by atoms with E-state index in [-0.39, 0.29) is 0 Å². The first-order chi connectivity index (χ1) is 9.90. The molecule has 3 heterocycles. The standard InChI is InChI=1S/C15H18N4O/c1-3-11(15-18-16-10-20-15)9-12(4-1)17-13-6-8-19-7-2-5-14(13)19/h1,3-4,9-10,13-14,17H,2,5-8H2. The molecule has 1 aromatic carbocycles. The van der Waals surface area contributed by atoms with Crippen molar-refractivity contribution in [3.63, 3.8) is 0 Å². The van der Waals surface area contributed by atoms with Crippen LogP contribution in [0.1, 0.15) is 19.3 Å². The second kappa shape index (κ2) is 4.90. The molecule has 0 amide bonds. The quantitative estimate of drug-likeness (QED) is 0.928. The van der Waals surface area contributed by atoms with Crippen LogP contribution in [0.25, 0.3) is 11.5 Å². The number of fused-ring (bicyclic) bond motifs is 1. The Bertz CT molecular complexity index is 583. The molecule has 1 aromatic heterocycles. The lowest BCUT2D eigenvalue weighted by molar-refractivity contribution is 0.318. The first kappa shape index (κ1) is 11.9. The molecule has 2 saturated heterocycles. The van der Waals surface area contributed by atoms with Gasteiger partial charge in [0.05, 0.1) is 0 Å². The van der Waals surface area contributed by atoms with Gasteiger partial charge < -0.3 is 9.73 Å². The highest BCUT2D eigenvalue weighted by Gasteiger charge is 2.36. The van der Waals surface area contributed by atoms with Crippen molar-refractivity contribution < 1.29 is 4.42 Å². The first-order valence-electron chi connectivity index (χ1n) is 7.27. The van der Waals surface area contributed by atoms with Crippen LogP contribution in [0.4, 0.5) is 5.69 Å². The maximum atomic E-state index is 5.26. The molecule has 0 saturated carbocycles. The van der Waals surface area contributed by atoms with E-state index in [0.717, 1.165) is 11.3 Å². The predicted molar refractivity (Wildman–Crippen MR) is 76.4 cm³/mol. The zero-order chi connectivity index (χ0) is 13.4. The normalized spacial score (nSPS) is 25.8. The third-order valence-electron chi connectivity index (χ3n) is 4.43. The van der Waals surface area contributed by atoms with Crippen LogP contribution in [-0.4, -0.2) is 40.3 Å². The van der Waals surface area contributed by atoms with Crippen LogP contribution >= 0.6 is 0 Å². The molecule has 0 aliphatic carbocycles. The number of nitrogens with zero attached hydrogens (tertiary/aromatic N) is 3. The molecule has 0 radical (unpaired) electrons. The van der Waals surface area contributed by atoms with E-state index in [9.17, 15) is 0 Å². The van der Waals surface area contributed by atoms with Crippen molar-refractivity contribution in [2.45, 2.75) is 31.3 Å². The molecule has 2 aliphatic rings. The largest absolute Gasteiger partial charge is 0.423 e. The van der Waals surface area contributed by atoms with Crippen LogP contribution in [-0.2, 0) is 0 Å². The Morgan fingerprint density at radius 1 is 1.25 bits per heavy atom. The van der Waals surface area contributed by atoms with Crippen molar-refractivity contribution in [3.05, 3.63) is 30.7 Å². The van der Waals surface area contributed by atoms with Crippen LogP contribution in [0.15, 0.2) is 35.1 Å². The van der Waals surface area contributed by atoms with E-state index in [1.54, 1.807) is 0 Å². The predicted octanol–water partition coefficient (Wildman–Crippen LogP) is 2.39. The Morgan fingerprint density at radius 3 is 3.15 bits per heavy atom. The van der Waals surface area contributed by atoms with Gasteiger partial charge >= 0.3 is 0 Å². The molecule has 1 N–H and O–H groups in total. The Kier molecular flexibility index (Phi) is 2.92. The lowest BCUT2D eigenvalue weighted by atomic mass is 10.1. The smallest absolute Gasteiger partial charge is 0.247 e. The van der Waals surface area contributed by atoms with E-state index in [4.69, 9.17) is 4.42 Å². The summed E-state index contributed by atoms with van der Waals surface area (Å²) in [6.07, 6.45) is 5.25. The van der Waals surface area contributed by atoms with E-state index < -0.39 is 0 Å². The number of benzene rings is 1. The monoisotopic (exact) mass is 270 g/mol. The van der Waals surface area contributed by atoms with Gasteiger partial charge in [-0.15, -0.1) is 10.2 Å². The summed E-state index contributed by atoms with van der Waals surface area (Å²) in [7, 11) is 0. The van der Waals surface area contributed by atoms with Crippen molar-refractivity contribution in [1.82, 2.24) is 15.1 Å². The summed E-state index contributed by atoms with van der Waals surface area (Å²) in [4.78, 5) is 2.61. The third-order valence-corrected chi connectivity index (χ3v) is 4.43. The summed E-state index contributed by atoms with van der Waals surface area (Å²) < 4.78 is 5.26. The summed E-state index contributed by atoms with van der Waals surface area (Å²) in [5.41, 5.74) is 2.10. The lowest BCUT2D eigenvalue weighted by Gasteiger charge is -2.22. The molecule has 2 aromatic rings. The van der Waals surface area contributed by atoms with Gasteiger partial charge in [0.15, 0.2) is 0 Å². The molecule has 2 aliphatic heterocycles. The van der Waals surface area contributed by atoms with Crippen LogP contribution in [0.3, 0.4) is 0 Å². The Labute approximate surface area is 118 Å². The average Bonchev–Trinajstić information content (AvgIpc) is 3.18. The van der Waals surface area contributed by atoms with Gasteiger partial charge in [0.1, 0.15) is 0 Å². The number of hydrogen-bond acceptors (Lipinski definition) is 5. The number of nitrogens with one attached hydrogen (secondary N) is 1. The van der Waals surface area contributed by atoms with Gasteiger partial charge in [0.2, 0.25) is 12.3 Å². The molecular weight excluding hydrogens is 252 g/mol. The van der Waals surface area contributed by atoms with E-state index in [0.29, 0.717) is 18.0 Å². The van der Waals surface area contributed by atoms with Crippen molar-refractivity contribution in [2.24, 2.45) is 0 Å². The van der Waals surface area contributed by atoms with E-state index >= 15 is 0 Å². The Hall–Kier alpha value is -1.88. The van der Waals surface area contributed by atoms with Crippen LogP contribution in [0.2, 0.25) is 0 Å². The average molecular weight is 270 g/mol. The summed E-state index contributed by atoms with van der Waals surface area (Å²) in [5.74, 6) is 0.572. The number of hydrogen-bond donors (Lipinski definition) is 1. The highest BCUT2D eigenvalue weighted by Crippen LogP contribution is 2.30. The second-order valence-electron chi connectivity index (χ2n) is 5.61. The summed E-state index contributed by atoms with van der Waals surface area (Å²) >= 11 is 0. The summed E-state index contributed by atoms with van der Waals surface area (Å²) in [6, 6.07) is 9.50. The molecule has 5 nitrogen and oxygen atoms in total. The number of aromatic nitrogens is 2. The van der Waals surface area contributed by atoms with Crippen molar-refractivity contribution in [1.29, 1.82) is 0 Å². The second-order valence-corrected chi connectivity index (χ2v) is 5.61. The minimum Gasteiger partial charge on any atom is -0.423 e. The topological polar surface area (TPSA) is 54.2 Å². The Morgan fingerprint density at radius 2 is 2.25 bits per heavy atom. The van der Waals surface area contributed by atoms with Crippen LogP contribution < -0.4 is 5.32 Å². The molecule has 2 fully saturated rings. The highest BCUT2D eigenvalue weighted by atomic mass is 16.4. The fourth-order valence-corrected chi connectivity index (χ4v) is 3.51. The maximum absolute atomic E-state index is 5.26. The fraction of sp³-hybridized carbons (Fsp3) is 0.467. The molecule has 104 valence electrons. The van der Waals surface area contributed by atoms with Crippen molar-refractivity contribution in [3.8, 4) is 11.5 Å². The van der Waals surface area contributed by atoms with E-state index in [1.165, 1.54) is 38.7 Å². The number of rotatable bonds is 3. The molecule has 2 atom stereocenters. The Balaban J connectivity index is 1.53. The zero-order valence-electron chi connectivity index (χ0n) is 11.3. The van der Waals surface area contributed by atoms with Crippen LogP contribution in [0, 0.1) is 0 Å². The minimum atomic E-state index is 0.565. The lowest BCUT2D eigenvalue weighted by Crippen LogP contribution is -2.33. The fourth-order valence-electron chi connectivity index (χ4n) is 3.51. The summed E-state index contributed by atoms with van der Waals surface area (Å²) in [6.45, 7) is 2.50. The minimum absolute atomic E-state index is 0.565. The molecule has 0 bridgehead atoms. The zero-order valence-corrected chi connectivity index (χ0v) is 11.3. The molecule has 4 rings (SSSR count). The van der Waals surface area contributed by atoms with Gasteiger partial charge in [0, 0.05) is 29.9 Å². The molecule has 5 heteroatoms. The maximum Gasteiger partial charge on any atom is 0.247 e. The SMILES string of the molecule is c1cc(NC2CCN3CCCC23)cc(-c2nnco2)c1. The van der Waals surface area contributed by atoms with Gasteiger partial charge in [-0.2, -0.15) is 0 Å². The van der Waals surface area contributed by atoms with Crippen molar-refractivity contribution in [2.75, 3.05) is 18.4 Å². The molecular formula is C15H18N4O. The first-order valence-corrected chi connectivity index (χ1v) is 7.27. The van der Waals surface area contributed by atoms with E-state index in [1.807, 2.05) is 12.1 Å². The van der Waals surface area contributed by atoms with Crippen LogP contribution in [0.5, 0.6) is 0 Å². The van der Waals surface area contributed by atoms with Gasteiger partial charge in [-0.1, -0.05) is 6.07 Å². The van der Waals surface area contributed by atoms with Gasteiger partial charge in [-0.3, -0.25) is 4.90 Å². The van der Waals surface area contributed by atoms with Gasteiger partial charge in [0.25, 0.3) is 0 Å². The number of anilines is 1. The third kappa shape index (κ3) is 2.08. The molecule has 2 unspecified atom stereocenters. The van der Waals surface area contributed by atoms with Crippen molar-refractivity contribution >= 4 is 5.69 Å². The van der Waals surface area contributed by atoms with Gasteiger partial charge in [-0.05, 0) is 44.0 Å².